The number of carbonyl (C=O) groups excluding carboxylic acids is 2. The molecule has 0 aliphatic heterocycles. The van der Waals surface area contributed by atoms with Crippen LogP contribution in [0.4, 0.5) is 5.69 Å². The number of hydrazone groups is 1. The lowest BCUT2D eigenvalue weighted by molar-refractivity contribution is -0.136. The lowest BCUT2D eigenvalue weighted by Gasteiger charge is -2.08. The number of halogens is 1. The van der Waals surface area contributed by atoms with Gasteiger partial charge in [-0.2, -0.15) is 5.10 Å². The second-order valence-electron chi connectivity index (χ2n) is 5.07. The van der Waals surface area contributed by atoms with Crippen molar-refractivity contribution in [2.45, 2.75) is 13.8 Å². The van der Waals surface area contributed by atoms with Crippen molar-refractivity contribution in [2.24, 2.45) is 5.10 Å². The monoisotopic (exact) mass is 359 g/mol. The van der Waals surface area contributed by atoms with Crippen LogP contribution in [0.25, 0.3) is 0 Å². The standard InChI is InChI=1S/C18H18ClN3O3/c1-3-25-14-9-7-13(8-10-14)11-20-22-18(24)17(23)21-16-6-4-5-15(19)12(16)2/h4-11H,3H2,1-2H3,(H,21,23)(H,22,24)/b20-11+. The number of nitrogens with one attached hydrogen (secondary N) is 2. The molecule has 2 rings (SSSR count). The molecular weight excluding hydrogens is 342 g/mol. The molecule has 0 bridgehead atoms. The molecule has 6 nitrogen and oxygen atoms in total. The van der Waals surface area contributed by atoms with Gasteiger partial charge in [-0.1, -0.05) is 17.7 Å². The minimum absolute atomic E-state index is 0.475. The Bertz CT molecular complexity index is 789. The van der Waals surface area contributed by atoms with E-state index in [9.17, 15) is 9.59 Å². The first-order chi connectivity index (χ1) is 12.0. The maximum absolute atomic E-state index is 11.9. The minimum Gasteiger partial charge on any atom is -0.494 e. The summed E-state index contributed by atoms with van der Waals surface area (Å²) in [6.07, 6.45) is 1.44. The predicted molar refractivity (Wildman–Crippen MR) is 98.2 cm³/mol. The van der Waals surface area contributed by atoms with E-state index >= 15 is 0 Å². The summed E-state index contributed by atoms with van der Waals surface area (Å²) in [7, 11) is 0. The van der Waals surface area contributed by atoms with Gasteiger partial charge >= 0.3 is 11.8 Å². The summed E-state index contributed by atoms with van der Waals surface area (Å²) in [6.45, 7) is 4.24. The molecule has 0 unspecified atom stereocenters. The maximum Gasteiger partial charge on any atom is 0.329 e. The van der Waals surface area contributed by atoms with Crippen LogP contribution in [0, 0.1) is 6.92 Å². The van der Waals surface area contributed by atoms with Gasteiger partial charge in [0.25, 0.3) is 0 Å². The van der Waals surface area contributed by atoms with Crippen molar-refractivity contribution in [3.05, 3.63) is 58.6 Å². The number of rotatable bonds is 5. The maximum atomic E-state index is 11.9. The highest BCUT2D eigenvalue weighted by atomic mass is 35.5. The summed E-state index contributed by atoms with van der Waals surface area (Å²) in [6, 6.07) is 12.2. The smallest absolute Gasteiger partial charge is 0.329 e. The molecule has 0 aliphatic carbocycles. The van der Waals surface area contributed by atoms with E-state index in [0.29, 0.717) is 22.9 Å². The Morgan fingerprint density at radius 1 is 1.16 bits per heavy atom. The average molecular weight is 360 g/mol. The zero-order valence-electron chi connectivity index (χ0n) is 13.9. The number of anilines is 1. The molecule has 0 spiro atoms. The van der Waals surface area contributed by atoms with E-state index in [0.717, 1.165) is 11.3 Å². The zero-order chi connectivity index (χ0) is 18.2. The molecule has 0 saturated carbocycles. The second-order valence-corrected chi connectivity index (χ2v) is 5.47. The second kappa shape index (κ2) is 8.84. The van der Waals surface area contributed by atoms with Crippen molar-refractivity contribution >= 4 is 35.3 Å². The minimum atomic E-state index is -0.874. The van der Waals surface area contributed by atoms with E-state index < -0.39 is 11.8 Å². The van der Waals surface area contributed by atoms with E-state index in [4.69, 9.17) is 16.3 Å². The molecule has 2 aromatic carbocycles. The lowest BCUT2D eigenvalue weighted by Crippen LogP contribution is -2.32. The lowest BCUT2D eigenvalue weighted by atomic mass is 10.2. The molecule has 0 heterocycles. The van der Waals surface area contributed by atoms with Crippen molar-refractivity contribution in [1.82, 2.24) is 5.43 Å². The van der Waals surface area contributed by atoms with Crippen LogP contribution >= 0.6 is 11.6 Å². The van der Waals surface area contributed by atoms with Crippen molar-refractivity contribution in [3.8, 4) is 5.75 Å². The van der Waals surface area contributed by atoms with Crippen molar-refractivity contribution in [3.63, 3.8) is 0 Å². The number of hydrogen-bond donors (Lipinski definition) is 2. The van der Waals surface area contributed by atoms with Gasteiger partial charge in [0.15, 0.2) is 0 Å². The summed E-state index contributed by atoms with van der Waals surface area (Å²) >= 11 is 5.97. The molecule has 0 saturated heterocycles. The van der Waals surface area contributed by atoms with E-state index in [1.807, 2.05) is 6.92 Å². The summed E-state index contributed by atoms with van der Waals surface area (Å²) < 4.78 is 5.33. The molecule has 0 aliphatic rings. The molecule has 25 heavy (non-hydrogen) atoms. The van der Waals surface area contributed by atoms with Gasteiger partial charge in [-0.15, -0.1) is 0 Å². The van der Waals surface area contributed by atoms with Crippen molar-refractivity contribution < 1.29 is 14.3 Å². The molecule has 0 aromatic heterocycles. The fourth-order valence-corrected chi connectivity index (χ4v) is 2.13. The number of benzene rings is 2. The van der Waals surface area contributed by atoms with Crippen LogP contribution in [-0.2, 0) is 9.59 Å². The molecule has 2 amide bonds. The number of ether oxygens (including phenoxy) is 1. The van der Waals surface area contributed by atoms with E-state index in [1.165, 1.54) is 6.21 Å². The van der Waals surface area contributed by atoms with Gasteiger partial charge in [0.1, 0.15) is 5.75 Å². The van der Waals surface area contributed by atoms with Gasteiger partial charge in [-0.05, 0) is 61.4 Å². The highest BCUT2D eigenvalue weighted by Gasteiger charge is 2.14. The summed E-state index contributed by atoms with van der Waals surface area (Å²) in [4.78, 5) is 23.7. The van der Waals surface area contributed by atoms with Crippen LogP contribution in [0.3, 0.4) is 0 Å². The van der Waals surface area contributed by atoms with Gasteiger partial charge in [-0.3, -0.25) is 9.59 Å². The largest absolute Gasteiger partial charge is 0.494 e. The van der Waals surface area contributed by atoms with Crippen LogP contribution in [0.15, 0.2) is 47.6 Å². The normalized spacial score (nSPS) is 10.5. The van der Waals surface area contributed by atoms with Gasteiger partial charge in [0.2, 0.25) is 0 Å². The molecule has 7 heteroatoms. The van der Waals surface area contributed by atoms with E-state index in [2.05, 4.69) is 15.8 Å². The van der Waals surface area contributed by atoms with Crippen LogP contribution in [-0.4, -0.2) is 24.6 Å². The number of carbonyl (C=O) groups is 2. The first-order valence-corrected chi connectivity index (χ1v) is 8.01. The summed E-state index contributed by atoms with van der Waals surface area (Å²) in [5.41, 5.74) is 4.10. The Kier molecular flexibility index (Phi) is 6.54. The first kappa shape index (κ1) is 18.5. The molecule has 0 radical (unpaired) electrons. The van der Waals surface area contributed by atoms with E-state index in [-0.39, 0.29) is 0 Å². The summed E-state index contributed by atoms with van der Waals surface area (Å²) in [5, 5.41) is 6.77. The molecule has 2 N–H and O–H groups in total. The number of nitrogens with zero attached hydrogens (tertiary/aromatic N) is 1. The van der Waals surface area contributed by atoms with Gasteiger partial charge in [-0.25, -0.2) is 5.43 Å². The Labute approximate surface area is 150 Å². The fraction of sp³-hybridized carbons (Fsp3) is 0.167. The fourth-order valence-electron chi connectivity index (χ4n) is 1.95. The van der Waals surface area contributed by atoms with Crippen molar-refractivity contribution in [2.75, 3.05) is 11.9 Å². The third-order valence-electron chi connectivity index (χ3n) is 3.29. The summed E-state index contributed by atoms with van der Waals surface area (Å²) in [5.74, 6) is -0.948. The highest BCUT2D eigenvalue weighted by molar-refractivity contribution is 6.40. The highest BCUT2D eigenvalue weighted by Crippen LogP contribution is 2.22. The number of amides is 2. The Morgan fingerprint density at radius 3 is 2.56 bits per heavy atom. The van der Waals surface area contributed by atoms with Crippen LogP contribution < -0.4 is 15.5 Å². The molecule has 0 atom stereocenters. The SMILES string of the molecule is CCOc1ccc(/C=N/NC(=O)C(=O)Nc2cccc(Cl)c2C)cc1. The third kappa shape index (κ3) is 5.32. The van der Waals surface area contributed by atoms with Crippen LogP contribution in [0.5, 0.6) is 5.75 Å². The van der Waals surface area contributed by atoms with Crippen molar-refractivity contribution in [1.29, 1.82) is 0 Å². The van der Waals surface area contributed by atoms with Gasteiger partial charge < -0.3 is 10.1 Å². The molecular formula is C18H18ClN3O3. The predicted octanol–water partition coefficient (Wildman–Crippen LogP) is 3.14. The zero-order valence-corrected chi connectivity index (χ0v) is 14.6. The quantitative estimate of drug-likeness (QED) is 0.489. The Balaban J connectivity index is 1.90. The molecule has 0 fully saturated rings. The Hall–Kier alpha value is -2.86. The first-order valence-electron chi connectivity index (χ1n) is 7.63. The topological polar surface area (TPSA) is 79.8 Å². The van der Waals surface area contributed by atoms with Gasteiger partial charge in [0.05, 0.1) is 12.8 Å². The van der Waals surface area contributed by atoms with Gasteiger partial charge in [0, 0.05) is 10.7 Å². The molecule has 130 valence electrons. The molecule has 2 aromatic rings. The average Bonchev–Trinajstić information content (AvgIpc) is 2.60. The number of hydrogen-bond acceptors (Lipinski definition) is 4. The van der Waals surface area contributed by atoms with Crippen LogP contribution in [0.2, 0.25) is 5.02 Å². The van der Waals surface area contributed by atoms with E-state index in [1.54, 1.807) is 49.4 Å². The third-order valence-corrected chi connectivity index (χ3v) is 3.70. The van der Waals surface area contributed by atoms with Crippen LogP contribution in [0.1, 0.15) is 18.1 Å². The Morgan fingerprint density at radius 2 is 1.88 bits per heavy atom.